The van der Waals surface area contributed by atoms with Crippen LogP contribution in [0.5, 0.6) is 5.75 Å². The fraction of sp³-hybridized carbons (Fsp3) is 0.273. The summed E-state index contributed by atoms with van der Waals surface area (Å²) in [7, 11) is 1.56. The molecule has 3 aromatic rings. The number of benzene rings is 2. The Morgan fingerprint density at radius 1 is 1.03 bits per heavy atom. The maximum Gasteiger partial charge on any atom is 0.321 e. The van der Waals surface area contributed by atoms with Gasteiger partial charge in [0.15, 0.2) is 0 Å². The van der Waals surface area contributed by atoms with Crippen molar-refractivity contribution in [1.29, 1.82) is 0 Å². The third kappa shape index (κ3) is 4.86. The Kier molecular flexibility index (Phi) is 6.60. The van der Waals surface area contributed by atoms with Gasteiger partial charge in [-0.05, 0) is 37.1 Å². The van der Waals surface area contributed by atoms with Crippen molar-refractivity contribution in [3.05, 3.63) is 64.4 Å². The van der Waals surface area contributed by atoms with Gasteiger partial charge in [0.1, 0.15) is 16.6 Å². The number of aromatic nitrogens is 2. The molecule has 2 aromatic carbocycles. The first-order valence-electron chi connectivity index (χ1n) is 10.1. The van der Waals surface area contributed by atoms with Crippen molar-refractivity contribution in [2.75, 3.05) is 30.8 Å². The number of hydrogen-bond acceptors (Lipinski definition) is 6. The molecule has 8 nitrogen and oxygen atoms in total. The van der Waals surface area contributed by atoms with E-state index >= 15 is 0 Å². The highest BCUT2D eigenvalue weighted by Crippen LogP contribution is 2.31. The van der Waals surface area contributed by atoms with Gasteiger partial charge in [-0.3, -0.25) is 4.79 Å². The van der Waals surface area contributed by atoms with E-state index in [1.54, 1.807) is 36.3 Å². The number of rotatable bonds is 5. The van der Waals surface area contributed by atoms with Gasteiger partial charge in [-0.25, -0.2) is 9.18 Å². The Bertz CT molecular complexity index is 1110. The van der Waals surface area contributed by atoms with Crippen LogP contribution in [-0.4, -0.2) is 47.2 Å². The van der Waals surface area contributed by atoms with Gasteiger partial charge in [-0.1, -0.05) is 35.6 Å². The first-order valence-corrected chi connectivity index (χ1v) is 10.9. The summed E-state index contributed by atoms with van der Waals surface area (Å²) >= 11 is 1.20. The summed E-state index contributed by atoms with van der Waals surface area (Å²) in [5.41, 5.74) is 0.723. The van der Waals surface area contributed by atoms with Crippen LogP contribution in [0.25, 0.3) is 0 Å². The lowest BCUT2D eigenvalue weighted by atomic mass is 9.98. The first-order chi connectivity index (χ1) is 15.5. The monoisotopic (exact) mass is 455 g/mol. The number of carbonyl (C=O) groups excluding carboxylic acids is 2. The number of halogens is 1. The summed E-state index contributed by atoms with van der Waals surface area (Å²) in [6.45, 7) is 1.12. The Hall–Kier alpha value is -3.53. The lowest BCUT2D eigenvalue weighted by Gasteiger charge is -2.31. The van der Waals surface area contributed by atoms with E-state index in [1.165, 1.54) is 23.5 Å². The maximum atomic E-state index is 13.8. The zero-order valence-corrected chi connectivity index (χ0v) is 18.2. The van der Waals surface area contributed by atoms with Crippen molar-refractivity contribution >= 4 is 34.6 Å². The fourth-order valence-corrected chi connectivity index (χ4v) is 4.41. The molecule has 32 heavy (non-hydrogen) atoms. The van der Waals surface area contributed by atoms with Gasteiger partial charge in [0.25, 0.3) is 5.91 Å². The van der Waals surface area contributed by atoms with Crippen LogP contribution < -0.4 is 15.4 Å². The number of nitrogens with one attached hydrogen (secondary N) is 2. The zero-order valence-electron chi connectivity index (χ0n) is 17.4. The average molecular weight is 456 g/mol. The topological polar surface area (TPSA) is 96.4 Å². The predicted octanol–water partition coefficient (Wildman–Crippen LogP) is 4.35. The molecule has 1 aliphatic rings. The number of hydrogen-bond donors (Lipinski definition) is 2. The minimum atomic E-state index is -0.510. The molecule has 0 spiro atoms. The van der Waals surface area contributed by atoms with Crippen molar-refractivity contribution in [1.82, 2.24) is 15.1 Å². The molecule has 3 amide bonds. The molecule has 4 rings (SSSR count). The van der Waals surface area contributed by atoms with Crippen LogP contribution in [-0.2, 0) is 0 Å². The quantitative estimate of drug-likeness (QED) is 0.596. The van der Waals surface area contributed by atoms with Crippen molar-refractivity contribution in [2.45, 2.75) is 18.8 Å². The number of amides is 3. The van der Waals surface area contributed by atoms with Gasteiger partial charge in [-0.2, -0.15) is 0 Å². The molecule has 0 radical (unpaired) electrons. The fourth-order valence-electron chi connectivity index (χ4n) is 3.50. The van der Waals surface area contributed by atoms with Gasteiger partial charge in [0.05, 0.1) is 18.5 Å². The third-order valence-corrected chi connectivity index (χ3v) is 6.32. The molecule has 0 saturated carbocycles. The highest BCUT2D eigenvalue weighted by Gasteiger charge is 2.27. The molecule has 1 aromatic heterocycles. The Morgan fingerprint density at radius 2 is 1.72 bits per heavy atom. The van der Waals surface area contributed by atoms with Gasteiger partial charge in [0, 0.05) is 19.0 Å². The Labute approximate surface area is 188 Å². The third-order valence-electron chi connectivity index (χ3n) is 5.24. The summed E-state index contributed by atoms with van der Waals surface area (Å²) in [4.78, 5) is 26.8. The van der Waals surface area contributed by atoms with Gasteiger partial charge in [0.2, 0.25) is 5.01 Å². The molecule has 10 heteroatoms. The number of nitrogens with zero attached hydrogens (tertiary/aromatic N) is 3. The number of methoxy groups -OCH3 is 1. The van der Waals surface area contributed by atoms with Crippen molar-refractivity contribution < 1.29 is 18.7 Å². The van der Waals surface area contributed by atoms with Crippen molar-refractivity contribution in [2.24, 2.45) is 0 Å². The zero-order chi connectivity index (χ0) is 22.5. The van der Waals surface area contributed by atoms with Crippen LogP contribution in [0.4, 0.5) is 20.6 Å². The molecular formula is C22H22FN5O3S. The van der Waals surface area contributed by atoms with Gasteiger partial charge < -0.3 is 20.3 Å². The van der Waals surface area contributed by atoms with Crippen LogP contribution in [0, 0.1) is 5.82 Å². The number of piperidine rings is 1. The van der Waals surface area contributed by atoms with E-state index in [2.05, 4.69) is 20.8 Å². The number of ether oxygens (including phenoxy) is 1. The van der Waals surface area contributed by atoms with E-state index in [1.807, 2.05) is 12.1 Å². The maximum absolute atomic E-state index is 13.8. The Morgan fingerprint density at radius 3 is 2.44 bits per heavy atom. The summed E-state index contributed by atoms with van der Waals surface area (Å²) in [6.07, 6.45) is 1.42. The molecule has 1 saturated heterocycles. The van der Waals surface area contributed by atoms with Crippen LogP contribution >= 0.6 is 11.3 Å². The molecule has 0 bridgehead atoms. The van der Waals surface area contributed by atoms with Gasteiger partial charge in [-0.15, -0.1) is 10.2 Å². The van der Waals surface area contributed by atoms with E-state index < -0.39 is 11.7 Å². The minimum Gasteiger partial charge on any atom is -0.495 e. The van der Waals surface area contributed by atoms with E-state index in [-0.39, 0.29) is 22.6 Å². The number of para-hydroxylation sites is 3. The average Bonchev–Trinajstić information content (AvgIpc) is 3.31. The lowest BCUT2D eigenvalue weighted by molar-refractivity contribution is 0.102. The molecule has 0 unspecified atom stereocenters. The number of urea groups is 1. The second-order valence-electron chi connectivity index (χ2n) is 7.27. The number of carbonyl (C=O) groups is 2. The van der Waals surface area contributed by atoms with E-state index in [9.17, 15) is 14.0 Å². The molecule has 2 N–H and O–H groups in total. The Balaban J connectivity index is 1.33. The molecule has 1 aliphatic heterocycles. The van der Waals surface area contributed by atoms with Crippen LogP contribution in [0.15, 0.2) is 48.5 Å². The number of anilines is 2. The second kappa shape index (κ2) is 9.73. The van der Waals surface area contributed by atoms with Gasteiger partial charge >= 0.3 is 6.03 Å². The first kappa shape index (κ1) is 21.7. The SMILES string of the molecule is COc1ccccc1NC(=O)N1CCC(c2nnc(C(=O)Nc3ccccc3F)s2)CC1. The van der Waals surface area contributed by atoms with Crippen LogP contribution in [0.3, 0.4) is 0 Å². The summed E-state index contributed by atoms with van der Waals surface area (Å²) in [6, 6.07) is 13.0. The predicted molar refractivity (Wildman–Crippen MR) is 120 cm³/mol. The van der Waals surface area contributed by atoms with E-state index in [0.29, 0.717) is 37.4 Å². The molecular weight excluding hydrogens is 433 g/mol. The highest BCUT2D eigenvalue weighted by molar-refractivity contribution is 7.13. The van der Waals surface area contributed by atoms with Crippen molar-refractivity contribution in [3.63, 3.8) is 0 Å². The van der Waals surface area contributed by atoms with E-state index in [0.717, 1.165) is 5.01 Å². The summed E-state index contributed by atoms with van der Waals surface area (Å²) in [5, 5.41) is 14.5. The largest absolute Gasteiger partial charge is 0.495 e. The molecule has 1 fully saturated rings. The lowest BCUT2D eigenvalue weighted by Crippen LogP contribution is -2.40. The van der Waals surface area contributed by atoms with E-state index in [4.69, 9.17) is 4.74 Å². The smallest absolute Gasteiger partial charge is 0.321 e. The van der Waals surface area contributed by atoms with Crippen molar-refractivity contribution in [3.8, 4) is 5.75 Å². The minimum absolute atomic E-state index is 0.101. The second-order valence-corrected chi connectivity index (χ2v) is 8.28. The molecule has 2 heterocycles. The van der Waals surface area contributed by atoms with Crippen LogP contribution in [0.2, 0.25) is 0 Å². The normalized spacial score (nSPS) is 14.1. The molecule has 166 valence electrons. The standard InChI is InChI=1S/C22H22FN5O3S/c1-31-18-9-5-4-8-17(18)25-22(30)28-12-10-14(11-13-28)20-26-27-21(32-20)19(29)24-16-7-3-2-6-15(16)23/h2-9,14H,10-13H2,1H3,(H,24,29)(H,25,30). The molecule has 0 aliphatic carbocycles. The highest BCUT2D eigenvalue weighted by atomic mass is 32.1. The summed E-state index contributed by atoms with van der Waals surface area (Å²) in [5.74, 6) is -0.291. The molecule has 0 atom stereocenters. The summed E-state index contributed by atoms with van der Waals surface area (Å²) < 4.78 is 19.0. The van der Waals surface area contributed by atoms with Crippen LogP contribution in [0.1, 0.15) is 33.6 Å². The number of likely N-dealkylation sites (tertiary alicyclic amines) is 1.